The van der Waals surface area contributed by atoms with Gasteiger partial charge in [-0.3, -0.25) is 4.90 Å². The first-order chi connectivity index (χ1) is 9.50. The highest BCUT2D eigenvalue weighted by Gasteiger charge is 2.66. The summed E-state index contributed by atoms with van der Waals surface area (Å²) < 4.78 is 11.6. The molecule has 3 fully saturated rings. The molecule has 3 aliphatic rings. The van der Waals surface area contributed by atoms with Crippen molar-refractivity contribution in [1.29, 1.82) is 0 Å². The van der Waals surface area contributed by atoms with Crippen molar-refractivity contribution in [3.8, 4) is 0 Å². The minimum absolute atomic E-state index is 0.0781. The fraction of sp³-hybridized carbons (Fsp3) is 1.00. The quantitative estimate of drug-likeness (QED) is 0.855. The Hall–Kier alpha value is -0.160. The number of ether oxygens (including phenoxy) is 2. The van der Waals surface area contributed by atoms with Crippen LogP contribution < -0.4 is 5.73 Å². The van der Waals surface area contributed by atoms with Crippen LogP contribution in [0.25, 0.3) is 0 Å². The molecule has 20 heavy (non-hydrogen) atoms. The molecule has 1 aliphatic carbocycles. The predicted octanol–water partition coefficient (Wildman–Crippen LogP) is 1.63. The molecule has 0 aromatic carbocycles. The molecule has 0 spiro atoms. The standard InChI is InChI=1S/C16H30N2O2/c1-4-12-10-19-9-7-18(12)11-16(17)13-6-5-8-20-14(13)15(16,2)3/h12-14H,4-11,17H2,1-3H3. The molecule has 4 heteroatoms. The third-order valence-corrected chi connectivity index (χ3v) is 6.18. The number of nitrogens with zero attached hydrogens (tertiary/aromatic N) is 1. The average Bonchev–Trinajstić information content (AvgIpc) is 2.47. The normalized spacial score (nSPS) is 44.7. The molecule has 2 N–H and O–H groups in total. The molecule has 2 saturated heterocycles. The highest BCUT2D eigenvalue weighted by atomic mass is 16.5. The Kier molecular flexibility index (Phi) is 3.87. The summed E-state index contributed by atoms with van der Waals surface area (Å²) >= 11 is 0. The lowest BCUT2D eigenvalue weighted by Crippen LogP contribution is -2.81. The van der Waals surface area contributed by atoms with Crippen molar-refractivity contribution in [2.45, 2.75) is 57.7 Å². The van der Waals surface area contributed by atoms with E-state index >= 15 is 0 Å². The summed E-state index contributed by atoms with van der Waals surface area (Å²) in [6.07, 6.45) is 3.89. The van der Waals surface area contributed by atoms with Crippen LogP contribution in [0.1, 0.15) is 40.0 Å². The molecular formula is C16H30N2O2. The van der Waals surface area contributed by atoms with Crippen LogP contribution in [0.4, 0.5) is 0 Å². The monoisotopic (exact) mass is 282 g/mol. The van der Waals surface area contributed by atoms with Crippen LogP contribution in [0, 0.1) is 11.3 Å². The molecule has 3 rings (SSSR count). The fourth-order valence-electron chi connectivity index (χ4n) is 4.60. The van der Waals surface area contributed by atoms with Crippen LogP contribution in [0.5, 0.6) is 0 Å². The van der Waals surface area contributed by atoms with Crippen LogP contribution in [-0.4, -0.2) is 55.5 Å². The van der Waals surface area contributed by atoms with Gasteiger partial charge in [0.25, 0.3) is 0 Å². The lowest BCUT2D eigenvalue weighted by Gasteiger charge is -2.67. The van der Waals surface area contributed by atoms with Crippen LogP contribution in [0.2, 0.25) is 0 Å². The second-order valence-corrected chi connectivity index (χ2v) is 7.41. The van der Waals surface area contributed by atoms with Gasteiger partial charge in [0.1, 0.15) is 0 Å². The van der Waals surface area contributed by atoms with Crippen molar-refractivity contribution >= 4 is 0 Å². The maximum absolute atomic E-state index is 6.92. The molecule has 0 bridgehead atoms. The van der Waals surface area contributed by atoms with Crippen LogP contribution in [0.3, 0.4) is 0 Å². The molecule has 0 aromatic rings. The molecule has 2 aliphatic heterocycles. The Labute approximate surface area is 123 Å². The summed E-state index contributed by atoms with van der Waals surface area (Å²) in [5.74, 6) is 0.534. The van der Waals surface area contributed by atoms with E-state index in [0.29, 0.717) is 18.1 Å². The van der Waals surface area contributed by atoms with Gasteiger partial charge in [0.05, 0.1) is 19.3 Å². The summed E-state index contributed by atoms with van der Waals surface area (Å²) in [4.78, 5) is 2.57. The zero-order chi connectivity index (χ0) is 14.4. The van der Waals surface area contributed by atoms with Gasteiger partial charge < -0.3 is 15.2 Å². The van der Waals surface area contributed by atoms with Gasteiger partial charge in [-0.25, -0.2) is 0 Å². The number of hydrogen-bond acceptors (Lipinski definition) is 4. The zero-order valence-corrected chi connectivity index (χ0v) is 13.2. The minimum Gasteiger partial charge on any atom is -0.378 e. The first-order valence-electron chi connectivity index (χ1n) is 8.23. The average molecular weight is 282 g/mol. The van der Waals surface area contributed by atoms with Gasteiger partial charge in [-0.05, 0) is 19.3 Å². The second-order valence-electron chi connectivity index (χ2n) is 7.41. The van der Waals surface area contributed by atoms with Crippen LogP contribution >= 0.6 is 0 Å². The molecular weight excluding hydrogens is 252 g/mol. The smallest absolute Gasteiger partial charge is 0.0690 e. The van der Waals surface area contributed by atoms with E-state index in [2.05, 4.69) is 25.7 Å². The molecule has 0 amide bonds. The summed E-state index contributed by atoms with van der Waals surface area (Å²) in [5, 5.41) is 0. The predicted molar refractivity (Wildman–Crippen MR) is 79.6 cm³/mol. The molecule has 4 nitrogen and oxygen atoms in total. The molecule has 0 radical (unpaired) electrons. The molecule has 116 valence electrons. The topological polar surface area (TPSA) is 47.7 Å². The first kappa shape index (κ1) is 14.8. The minimum atomic E-state index is -0.108. The number of hydrogen-bond donors (Lipinski definition) is 1. The molecule has 0 aromatic heterocycles. The van der Waals surface area contributed by atoms with E-state index in [1.165, 1.54) is 6.42 Å². The van der Waals surface area contributed by atoms with E-state index < -0.39 is 0 Å². The van der Waals surface area contributed by atoms with Crippen LogP contribution in [-0.2, 0) is 9.47 Å². The first-order valence-corrected chi connectivity index (χ1v) is 8.23. The fourth-order valence-corrected chi connectivity index (χ4v) is 4.60. The van der Waals surface area contributed by atoms with E-state index in [1.807, 2.05) is 0 Å². The van der Waals surface area contributed by atoms with Crippen molar-refractivity contribution in [3.63, 3.8) is 0 Å². The van der Waals surface area contributed by atoms with Crippen LogP contribution in [0.15, 0.2) is 0 Å². The lowest BCUT2D eigenvalue weighted by molar-refractivity contribution is -0.235. The maximum Gasteiger partial charge on any atom is 0.0690 e. The Balaban J connectivity index is 1.74. The molecule has 4 unspecified atom stereocenters. The summed E-state index contributed by atoms with van der Waals surface area (Å²) in [5.41, 5.74) is 6.89. The number of rotatable bonds is 3. The highest BCUT2D eigenvalue weighted by Crippen LogP contribution is 2.57. The number of fused-ring (bicyclic) bond motifs is 1. The van der Waals surface area contributed by atoms with Crippen molar-refractivity contribution in [2.75, 3.05) is 32.9 Å². The van der Waals surface area contributed by atoms with E-state index in [1.54, 1.807) is 0 Å². The van der Waals surface area contributed by atoms with Gasteiger partial charge in [0.15, 0.2) is 0 Å². The molecule has 1 saturated carbocycles. The number of morpholine rings is 1. The van der Waals surface area contributed by atoms with Gasteiger partial charge in [0, 0.05) is 42.6 Å². The Morgan fingerprint density at radius 2 is 2.10 bits per heavy atom. The van der Waals surface area contributed by atoms with Gasteiger partial charge in [-0.2, -0.15) is 0 Å². The van der Waals surface area contributed by atoms with Gasteiger partial charge >= 0.3 is 0 Å². The second kappa shape index (κ2) is 5.24. The SMILES string of the molecule is CCC1COCCN1CC1(N)C2CCCOC2C1(C)C. The Bertz CT molecular complexity index is 360. The number of nitrogens with two attached hydrogens (primary N) is 1. The third kappa shape index (κ3) is 2.04. The van der Waals surface area contributed by atoms with Crippen molar-refractivity contribution in [1.82, 2.24) is 4.90 Å². The molecule has 4 atom stereocenters. The van der Waals surface area contributed by atoms with Crippen molar-refractivity contribution < 1.29 is 9.47 Å². The summed E-state index contributed by atoms with van der Waals surface area (Å²) in [6.45, 7) is 11.5. The molecule has 2 heterocycles. The summed E-state index contributed by atoms with van der Waals surface area (Å²) in [6, 6.07) is 0.531. The largest absolute Gasteiger partial charge is 0.378 e. The van der Waals surface area contributed by atoms with Gasteiger partial charge in [-0.15, -0.1) is 0 Å². The third-order valence-electron chi connectivity index (χ3n) is 6.18. The Morgan fingerprint density at radius 3 is 2.85 bits per heavy atom. The van der Waals surface area contributed by atoms with E-state index in [4.69, 9.17) is 15.2 Å². The van der Waals surface area contributed by atoms with Gasteiger partial charge in [0.2, 0.25) is 0 Å². The summed E-state index contributed by atoms with van der Waals surface area (Å²) in [7, 11) is 0. The lowest BCUT2D eigenvalue weighted by atomic mass is 9.46. The zero-order valence-electron chi connectivity index (χ0n) is 13.2. The maximum atomic E-state index is 6.92. The highest BCUT2D eigenvalue weighted by molar-refractivity contribution is 5.21. The van der Waals surface area contributed by atoms with Gasteiger partial charge in [-0.1, -0.05) is 20.8 Å². The Morgan fingerprint density at radius 1 is 1.30 bits per heavy atom. The van der Waals surface area contributed by atoms with Crippen molar-refractivity contribution in [3.05, 3.63) is 0 Å². The van der Waals surface area contributed by atoms with E-state index in [0.717, 1.165) is 45.8 Å². The van der Waals surface area contributed by atoms with E-state index in [9.17, 15) is 0 Å². The van der Waals surface area contributed by atoms with E-state index in [-0.39, 0.29) is 11.0 Å². The van der Waals surface area contributed by atoms with Crippen molar-refractivity contribution in [2.24, 2.45) is 17.1 Å².